The van der Waals surface area contributed by atoms with Gasteiger partial charge >= 0.3 is 0 Å². The van der Waals surface area contributed by atoms with Gasteiger partial charge in [0.05, 0.1) is 5.52 Å². The van der Waals surface area contributed by atoms with Crippen LogP contribution in [0.25, 0.3) is 21.8 Å². The van der Waals surface area contributed by atoms with Gasteiger partial charge in [0.1, 0.15) is 5.75 Å². The lowest BCUT2D eigenvalue weighted by molar-refractivity contribution is -0.123. The van der Waals surface area contributed by atoms with Crippen molar-refractivity contribution in [3.8, 4) is 5.75 Å². The molecular formula is C17H18N2O2. The Hall–Kier alpha value is -2.49. The van der Waals surface area contributed by atoms with Crippen LogP contribution in [-0.2, 0) is 4.79 Å². The first-order valence-electron chi connectivity index (χ1n) is 7.18. The zero-order chi connectivity index (χ0) is 14.7. The number of carbonyl (C=O) groups excluding carboxylic acids is 1. The van der Waals surface area contributed by atoms with Gasteiger partial charge in [0.2, 0.25) is 0 Å². The first-order chi connectivity index (χ1) is 10.3. The number of aromatic nitrogens is 1. The van der Waals surface area contributed by atoms with Crippen LogP contribution in [0.2, 0.25) is 0 Å². The summed E-state index contributed by atoms with van der Waals surface area (Å²) in [5.41, 5.74) is 2.12. The summed E-state index contributed by atoms with van der Waals surface area (Å²) in [6.45, 7) is 2.75. The van der Waals surface area contributed by atoms with E-state index in [1.807, 2.05) is 43.3 Å². The van der Waals surface area contributed by atoms with Crippen molar-refractivity contribution >= 4 is 27.7 Å². The molecule has 1 aromatic heterocycles. The summed E-state index contributed by atoms with van der Waals surface area (Å²) in [6.07, 6.45) is 0.923. The molecule has 1 heterocycles. The van der Waals surface area contributed by atoms with E-state index in [-0.39, 0.29) is 12.5 Å². The molecule has 108 valence electrons. The van der Waals surface area contributed by atoms with Gasteiger partial charge in [-0.25, -0.2) is 0 Å². The van der Waals surface area contributed by atoms with Crippen molar-refractivity contribution in [3.05, 3.63) is 42.5 Å². The van der Waals surface area contributed by atoms with Gasteiger partial charge in [0.25, 0.3) is 5.91 Å². The van der Waals surface area contributed by atoms with Crippen molar-refractivity contribution in [2.24, 2.45) is 0 Å². The fraction of sp³-hybridized carbons (Fsp3) is 0.235. The maximum absolute atomic E-state index is 11.5. The molecule has 0 aliphatic heterocycles. The second-order valence-corrected chi connectivity index (χ2v) is 5.02. The minimum Gasteiger partial charge on any atom is -0.484 e. The van der Waals surface area contributed by atoms with E-state index in [0.29, 0.717) is 12.3 Å². The predicted octanol–water partition coefficient (Wildman–Crippen LogP) is 3.23. The molecule has 2 N–H and O–H groups in total. The quantitative estimate of drug-likeness (QED) is 0.755. The minimum absolute atomic E-state index is 0.0474. The summed E-state index contributed by atoms with van der Waals surface area (Å²) in [6, 6.07) is 14.0. The maximum atomic E-state index is 11.5. The number of nitrogens with one attached hydrogen (secondary N) is 2. The Kier molecular flexibility index (Phi) is 3.77. The van der Waals surface area contributed by atoms with E-state index in [0.717, 1.165) is 22.8 Å². The SMILES string of the molecule is CCCNC(=O)COc1ccc2c(c1)[nH]c1ccccc12. The van der Waals surface area contributed by atoms with Crippen LogP contribution >= 0.6 is 0 Å². The van der Waals surface area contributed by atoms with E-state index < -0.39 is 0 Å². The molecule has 0 aliphatic carbocycles. The van der Waals surface area contributed by atoms with Crippen molar-refractivity contribution in [2.75, 3.05) is 13.2 Å². The Balaban J connectivity index is 1.78. The van der Waals surface area contributed by atoms with Crippen LogP contribution in [0.1, 0.15) is 13.3 Å². The van der Waals surface area contributed by atoms with Crippen LogP contribution < -0.4 is 10.1 Å². The van der Waals surface area contributed by atoms with E-state index in [1.165, 1.54) is 5.39 Å². The van der Waals surface area contributed by atoms with Gasteiger partial charge in [-0.15, -0.1) is 0 Å². The summed E-state index contributed by atoms with van der Waals surface area (Å²) in [5, 5.41) is 5.14. The molecule has 0 fully saturated rings. The Morgan fingerprint density at radius 2 is 1.95 bits per heavy atom. The lowest BCUT2D eigenvalue weighted by Crippen LogP contribution is -2.29. The third-order valence-corrected chi connectivity index (χ3v) is 3.42. The van der Waals surface area contributed by atoms with Crippen LogP contribution in [0.4, 0.5) is 0 Å². The summed E-state index contributed by atoms with van der Waals surface area (Å²) in [7, 11) is 0. The Morgan fingerprint density at radius 3 is 2.81 bits per heavy atom. The van der Waals surface area contributed by atoms with Gasteiger partial charge in [-0.3, -0.25) is 4.79 Å². The van der Waals surface area contributed by atoms with Crippen molar-refractivity contribution in [1.29, 1.82) is 0 Å². The number of H-pyrrole nitrogens is 1. The highest BCUT2D eigenvalue weighted by atomic mass is 16.5. The van der Waals surface area contributed by atoms with Gasteiger partial charge in [0.15, 0.2) is 6.61 Å². The minimum atomic E-state index is -0.0893. The smallest absolute Gasteiger partial charge is 0.257 e. The fourth-order valence-electron chi connectivity index (χ4n) is 2.39. The average Bonchev–Trinajstić information content (AvgIpc) is 2.88. The van der Waals surface area contributed by atoms with Crippen molar-refractivity contribution < 1.29 is 9.53 Å². The number of hydrogen-bond donors (Lipinski definition) is 2. The fourth-order valence-corrected chi connectivity index (χ4v) is 2.39. The normalized spacial score (nSPS) is 10.9. The Morgan fingerprint density at radius 1 is 1.14 bits per heavy atom. The summed E-state index contributed by atoms with van der Waals surface area (Å²) < 4.78 is 5.54. The number of fused-ring (bicyclic) bond motifs is 3. The van der Waals surface area contributed by atoms with E-state index in [2.05, 4.69) is 16.4 Å². The standard InChI is InChI=1S/C17H18N2O2/c1-2-9-18-17(20)11-21-12-7-8-14-13-5-3-4-6-15(13)19-16(14)10-12/h3-8,10,19H,2,9,11H2,1H3,(H,18,20). The summed E-state index contributed by atoms with van der Waals surface area (Å²) in [4.78, 5) is 14.9. The Bertz CT molecular complexity index is 777. The van der Waals surface area contributed by atoms with Crippen molar-refractivity contribution in [3.63, 3.8) is 0 Å². The highest BCUT2D eigenvalue weighted by Crippen LogP contribution is 2.28. The maximum Gasteiger partial charge on any atom is 0.257 e. The summed E-state index contributed by atoms with van der Waals surface area (Å²) >= 11 is 0. The van der Waals surface area contributed by atoms with Crippen LogP contribution in [0.15, 0.2) is 42.5 Å². The number of hydrogen-bond acceptors (Lipinski definition) is 2. The zero-order valence-electron chi connectivity index (χ0n) is 12.0. The number of rotatable bonds is 5. The molecule has 3 aromatic rings. The topological polar surface area (TPSA) is 54.1 Å². The van der Waals surface area contributed by atoms with Crippen LogP contribution in [0.5, 0.6) is 5.75 Å². The molecule has 0 bridgehead atoms. The number of amides is 1. The summed E-state index contributed by atoms with van der Waals surface area (Å²) in [5.74, 6) is 0.606. The van der Waals surface area contributed by atoms with Gasteiger partial charge in [0, 0.05) is 28.9 Å². The second kappa shape index (κ2) is 5.87. The zero-order valence-corrected chi connectivity index (χ0v) is 12.0. The molecule has 1 amide bonds. The number of aromatic amines is 1. The second-order valence-electron chi connectivity index (χ2n) is 5.02. The lowest BCUT2D eigenvalue weighted by Gasteiger charge is -2.06. The highest BCUT2D eigenvalue weighted by molar-refractivity contribution is 6.07. The molecule has 0 aliphatic rings. The van der Waals surface area contributed by atoms with Crippen LogP contribution in [0, 0.1) is 0 Å². The molecule has 4 heteroatoms. The van der Waals surface area contributed by atoms with E-state index >= 15 is 0 Å². The third kappa shape index (κ3) is 2.84. The van der Waals surface area contributed by atoms with E-state index in [1.54, 1.807) is 0 Å². The van der Waals surface area contributed by atoms with Crippen LogP contribution in [-0.4, -0.2) is 24.0 Å². The van der Waals surface area contributed by atoms with Crippen LogP contribution in [0.3, 0.4) is 0 Å². The van der Waals surface area contributed by atoms with E-state index in [9.17, 15) is 4.79 Å². The molecule has 0 saturated heterocycles. The molecule has 0 saturated carbocycles. The predicted molar refractivity (Wildman–Crippen MR) is 84.6 cm³/mol. The molecule has 21 heavy (non-hydrogen) atoms. The average molecular weight is 282 g/mol. The van der Waals surface area contributed by atoms with Crippen molar-refractivity contribution in [1.82, 2.24) is 10.3 Å². The lowest BCUT2D eigenvalue weighted by atomic mass is 10.1. The molecular weight excluding hydrogens is 264 g/mol. The largest absolute Gasteiger partial charge is 0.484 e. The van der Waals surface area contributed by atoms with Gasteiger partial charge in [-0.2, -0.15) is 0 Å². The number of para-hydroxylation sites is 1. The first kappa shape index (κ1) is 13.5. The van der Waals surface area contributed by atoms with Gasteiger partial charge in [-0.1, -0.05) is 25.1 Å². The van der Waals surface area contributed by atoms with E-state index in [4.69, 9.17) is 4.74 Å². The molecule has 2 aromatic carbocycles. The van der Waals surface area contributed by atoms with Crippen molar-refractivity contribution in [2.45, 2.75) is 13.3 Å². The third-order valence-electron chi connectivity index (χ3n) is 3.42. The number of benzene rings is 2. The first-order valence-corrected chi connectivity index (χ1v) is 7.18. The molecule has 0 atom stereocenters. The Labute approximate surface area is 123 Å². The number of carbonyl (C=O) groups is 1. The van der Waals surface area contributed by atoms with Gasteiger partial charge in [-0.05, 0) is 24.6 Å². The molecule has 0 radical (unpaired) electrons. The monoisotopic (exact) mass is 282 g/mol. The molecule has 4 nitrogen and oxygen atoms in total. The molecule has 0 unspecified atom stereocenters. The number of ether oxygens (including phenoxy) is 1. The molecule has 0 spiro atoms. The highest BCUT2D eigenvalue weighted by Gasteiger charge is 2.06. The van der Waals surface area contributed by atoms with Gasteiger partial charge < -0.3 is 15.0 Å². The molecule has 3 rings (SSSR count).